The minimum Gasteiger partial charge on any atom is -0.378 e. The number of carbonyl (C=O) groups excluding carboxylic acids is 1. The van der Waals surface area contributed by atoms with E-state index in [9.17, 15) is 18.0 Å². The highest BCUT2D eigenvalue weighted by Crippen LogP contribution is 2.30. The highest BCUT2D eigenvalue weighted by molar-refractivity contribution is 6.01. The number of carbonyl (C=O) groups is 1. The van der Waals surface area contributed by atoms with Gasteiger partial charge in [-0.3, -0.25) is 0 Å². The molecule has 26 heavy (non-hydrogen) atoms. The van der Waals surface area contributed by atoms with Crippen molar-refractivity contribution in [2.75, 3.05) is 41.8 Å². The maximum absolute atomic E-state index is 12.6. The number of hydrogen-bond acceptors (Lipinski definition) is 3. The number of para-hydroxylation sites is 2. The minimum atomic E-state index is -4.40. The van der Waals surface area contributed by atoms with Crippen molar-refractivity contribution in [2.45, 2.75) is 6.18 Å². The normalized spacial score (nSPS) is 14.8. The zero-order valence-corrected chi connectivity index (χ0v) is 13.8. The van der Waals surface area contributed by atoms with E-state index in [0.29, 0.717) is 18.9 Å². The minimum absolute atomic E-state index is 0.277. The molecule has 0 bridgehead atoms. The van der Waals surface area contributed by atoms with Crippen molar-refractivity contribution in [1.82, 2.24) is 0 Å². The van der Waals surface area contributed by atoms with Gasteiger partial charge in [0.1, 0.15) is 0 Å². The van der Waals surface area contributed by atoms with E-state index >= 15 is 0 Å². The van der Waals surface area contributed by atoms with Crippen LogP contribution in [0.25, 0.3) is 0 Å². The van der Waals surface area contributed by atoms with Gasteiger partial charge in [-0.25, -0.2) is 4.79 Å². The maximum Gasteiger partial charge on any atom is 0.416 e. The van der Waals surface area contributed by atoms with Crippen molar-refractivity contribution in [1.29, 1.82) is 0 Å². The van der Waals surface area contributed by atoms with Crippen molar-refractivity contribution in [3.8, 4) is 0 Å². The summed E-state index contributed by atoms with van der Waals surface area (Å²) in [6.45, 7) is 2.68. The Balaban J connectivity index is 1.67. The lowest BCUT2D eigenvalue weighted by Gasteiger charge is -2.30. The lowest BCUT2D eigenvalue weighted by molar-refractivity contribution is -0.137. The topological polar surface area (TPSA) is 53.6 Å². The number of nitrogens with zero attached hydrogens (tertiary/aromatic N) is 1. The van der Waals surface area contributed by atoms with E-state index in [0.717, 1.165) is 30.9 Å². The van der Waals surface area contributed by atoms with Gasteiger partial charge in [0.05, 0.1) is 30.2 Å². The van der Waals surface area contributed by atoms with Crippen LogP contribution in [0.5, 0.6) is 0 Å². The third kappa shape index (κ3) is 4.45. The second-order valence-corrected chi connectivity index (χ2v) is 5.77. The van der Waals surface area contributed by atoms with Crippen molar-refractivity contribution in [3.05, 3.63) is 54.1 Å². The van der Waals surface area contributed by atoms with Crippen LogP contribution >= 0.6 is 0 Å². The van der Waals surface area contributed by atoms with Gasteiger partial charge >= 0.3 is 12.2 Å². The van der Waals surface area contributed by atoms with Gasteiger partial charge in [-0.15, -0.1) is 0 Å². The Morgan fingerprint density at radius 1 is 0.962 bits per heavy atom. The second kappa shape index (κ2) is 7.65. The third-order valence-corrected chi connectivity index (χ3v) is 3.97. The smallest absolute Gasteiger partial charge is 0.378 e. The molecule has 0 radical (unpaired) electrons. The van der Waals surface area contributed by atoms with Gasteiger partial charge < -0.3 is 20.3 Å². The van der Waals surface area contributed by atoms with Gasteiger partial charge in [0.15, 0.2) is 0 Å². The molecule has 138 valence electrons. The van der Waals surface area contributed by atoms with Gasteiger partial charge in [-0.1, -0.05) is 12.1 Å². The highest BCUT2D eigenvalue weighted by Gasteiger charge is 2.30. The van der Waals surface area contributed by atoms with E-state index in [1.54, 1.807) is 12.1 Å². The molecule has 8 heteroatoms. The monoisotopic (exact) mass is 365 g/mol. The molecule has 1 saturated heterocycles. The number of benzene rings is 2. The first-order chi connectivity index (χ1) is 12.4. The van der Waals surface area contributed by atoms with E-state index < -0.39 is 17.8 Å². The number of ether oxygens (including phenoxy) is 1. The lowest BCUT2D eigenvalue weighted by Crippen LogP contribution is -2.37. The number of amides is 2. The molecule has 1 aliphatic heterocycles. The van der Waals surface area contributed by atoms with Crippen LogP contribution in [-0.4, -0.2) is 32.3 Å². The zero-order valence-electron chi connectivity index (χ0n) is 13.8. The summed E-state index contributed by atoms with van der Waals surface area (Å²) in [6.07, 6.45) is -4.40. The molecule has 5 nitrogen and oxygen atoms in total. The van der Waals surface area contributed by atoms with Gasteiger partial charge in [0.2, 0.25) is 0 Å². The first-order valence-electron chi connectivity index (χ1n) is 8.10. The summed E-state index contributed by atoms with van der Waals surface area (Å²) in [6, 6.07) is 11.1. The fraction of sp³-hybridized carbons (Fsp3) is 0.278. The standard InChI is InChI=1S/C18H18F3N3O2/c19-18(20,21)13-5-7-14(8-6-13)22-17(25)23-15-3-1-2-4-16(15)24-9-11-26-12-10-24/h1-8H,9-12H2,(H2,22,23,25). The Kier molecular flexibility index (Phi) is 5.32. The van der Waals surface area contributed by atoms with Crippen LogP contribution in [0.2, 0.25) is 0 Å². The number of alkyl halides is 3. The van der Waals surface area contributed by atoms with Gasteiger partial charge in [0, 0.05) is 18.8 Å². The molecule has 3 rings (SSSR count). The van der Waals surface area contributed by atoms with Crippen molar-refractivity contribution in [3.63, 3.8) is 0 Å². The van der Waals surface area contributed by atoms with Crippen molar-refractivity contribution < 1.29 is 22.7 Å². The van der Waals surface area contributed by atoms with Crippen LogP contribution < -0.4 is 15.5 Å². The summed E-state index contributed by atoms with van der Waals surface area (Å²) in [5, 5.41) is 5.29. The average Bonchev–Trinajstić information content (AvgIpc) is 2.62. The second-order valence-electron chi connectivity index (χ2n) is 5.77. The zero-order chi connectivity index (χ0) is 18.6. The Hall–Kier alpha value is -2.74. The molecular weight excluding hydrogens is 347 g/mol. The number of hydrogen-bond donors (Lipinski definition) is 2. The van der Waals surface area contributed by atoms with Gasteiger partial charge in [0.25, 0.3) is 0 Å². The number of urea groups is 1. The number of morpholine rings is 1. The molecule has 0 atom stereocenters. The average molecular weight is 365 g/mol. The first-order valence-corrected chi connectivity index (χ1v) is 8.10. The van der Waals surface area contributed by atoms with Gasteiger partial charge in [-0.05, 0) is 36.4 Å². The molecule has 0 unspecified atom stereocenters. The van der Waals surface area contributed by atoms with E-state index in [1.165, 1.54) is 12.1 Å². The maximum atomic E-state index is 12.6. The molecule has 0 spiro atoms. The summed E-state index contributed by atoms with van der Waals surface area (Å²) in [5.74, 6) is 0. The van der Waals surface area contributed by atoms with Crippen LogP contribution in [0.4, 0.5) is 35.0 Å². The number of nitrogens with one attached hydrogen (secondary N) is 2. The Morgan fingerprint density at radius 3 is 2.27 bits per heavy atom. The molecule has 2 N–H and O–H groups in total. The summed E-state index contributed by atoms with van der Waals surface area (Å²) >= 11 is 0. The molecule has 2 aromatic carbocycles. The summed E-state index contributed by atoms with van der Waals surface area (Å²) in [7, 11) is 0. The summed E-state index contributed by atoms with van der Waals surface area (Å²) in [4.78, 5) is 14.3. The molecule has 1 aliphatic rings. The number of rotatable bonds is 3. The Labute approximate surface area is 148 Å². The molecule has 0 aliphatic carbocycles. The first kappa shape index (κ1) is 18.1. The summed E-state index contributed by atoms with van der Waals surface area (Å²) < 4.78 is 43.1. The Bertz CT molecular complexity index is 757. The molecular formula is C18H18F3N3O2. The van der Waals surface area contributed by atoms with Crippen LogP contribution in [0.15, 0.2) is 48.5 Å². The molecule has 1 fully saturated rings. The third-order valence-electron chi connectivity index (χ3n) is 3.97. The molecule has 0 saturated carbocycles. The SMILES string of the molecule is O=C(Nc1ccc(C(F)(F)F)cc1)Nc1ccccc1N1CCOCC1. The summed E-state index contributed by atoms with van der Waals surface area (Å²) in [5.41, 5.74) is 1.01. The van der Waals surface area contributed by atoms with Crippen LogP contribution in [0, 0.1) is 0 Å². The fourth-order valence-electron chi connectivity index (χ4n) is 2.69. The predicted molar refractivity (Wildman–Crippen MR) is 93.6 cm³/mol. The van der Waals surface area contributed by atoms with E-state index in [1.807, 2.05) is 12.1 Å². The molecule has 2 amide bonds. The van der Waals surface area contributed by atoms with Crippen molar-refractivity contribution in [2.24, 2.45) is 0 Å². The lowest BCUT2D eigenvalue weighted by atomic mass is 10.2. The van der Waals surface area contributed by atoms with Crippen LogP contribution in [0.1, 0.15) is 5.56 Å². The van der Waals surface area contributed by atoms with E-state index in [2.05, 4.69) is 15.5 Å². The van der Waals surface area contributed by atoms with Gasteiger partial charge in [-0.2, -0.15) is 13.2 Å². The van der Waals surface area contributed by atoms with Crippen LogP contribution in [0.3, 0.4) is 0 Å². The predicted octanol–water partition coefficient (Wildman–Crippen LogP) is 4.19. The van der Waals surface area contributed by atoms with E-state index in [4.69, 9.17) is 4.74 Å². The number of halogens is 3. The number of anilines is 3. The quantitative estimate of drug-likeness (QED) is 0.858. The fourth-order valence-corrected chi connectivity index (χ4v) is 2.69. The molecule has 1 heterocycles. The molecule has 2 aromatic rings. The molecule has 0 aromatic heterocycles. The van der Waals surface area contributed by atoms with Crippen LogP contribution in [-0.2, 0) is 10.9 Å². The van der Waals surface area contributed by atoms with Crippen molar-refractivity contribution >= 4 is 23.1 Å². The largest absolute Gasteiger partial charge is 0.416 e. The highest BCUT2D eigenvalue weighted by atomic mass is 19.4. The van der Waals surface area contributed by atoms with E-state index in [-0.39, 0.29) is 5.69 Å². The Morgan fingerprint density at radius 2 is 1.62 bits per heavy atom.